The standard InChI is InChI=1S/C16H21F3N2O3/c1-10(2)13(22)7-15(23)21-6-5-12(9-21)24-14-4-3-11(8-20-14)16(17,18)19/h3-4,8,10,12-13,22H,5-7,9H2,1-2H3/t12-,13-/m0/s1. The van der Waals surface area contributed by atoms with Crippen molar-refractivity contribution in [3.63, 3.8) is 0 Å². The van der Waals surface area contributed by atoms with Crippen LogP contribution in [-0.4, -0.2) is 46.2 Å². The highest BCUT2D eigenvalue weighted by Gasteiger charge is 2.32. The van der Waals surface area contributed by atoms with E-state index in [4.69, 9.17) is 4.74 Å². The Balaban J connectivity index is 1.86. The van der Waals surface area contributed by atoms with Crippen LogP contribution in [0.3, 0.4) is 0 Å². The summed E-state index contributed by atoms with van der Waals surface area (Å²) in [6.45, 7) is 4.51. The summed E-state index contributed by atoms with van der Waals surface area (Å²) < 4.78 is 43.0. The highest BCUT2D eigenvalue weighted by Crippen LogP contribution is 2.29. The third kappa shape index (κ3) is 4.83. The lowest BCUT2D eigenvalue weighted by atomic mass is 10.0. The van der Waals surface area contributed by atoms with E-state index in [0.717, 1.165) is 12.3 Å². The van der Waals surface area contributed by atoms with Crippen molar-refractivity contribution in [1.29, 1.82) is 0 Å². The van der Waals surface area contributed by atoms with Crippen LogP contribution >= 0.6 is 0 Å². The van der Waals surface area contributed by atoms with Crippen molar-refractivity contribution in [1.82, 2.24) is 9.88 Å². The van der Waals surface area contributed by atoms with Crippen molar-refractivity contribution in [3.05, 3.63) is 23.9 Å². The SMILES string of the molecule is CC(C)[C@@H](O)CC(=O)N1CC[C@H](Oc2ccc(C(F)(F)F)cn2)C1. The molecule has 2 atom stereocenters. The lowest BCUT2D eigenvalue weighted by molar-refractivity contribution is -0.138. The first kappa shape index (κ1) is 18.5. The summed E-state index contributed by atoms with van der Waals surface area (Å²) in [7, 11) is 0. The smallest absolute Gasteiger partial charge is 0.417 e. The number of halogens is 3. The van der Waals surface area contributed by atoms with Crippen molar-refractivity contribution in [2.24, 2.45) is 5.92 Å². The molecule has 0 unspecified atom stereocenters. The maximum atomic E-state index is 12.5. The number of alkyl halides is 3. The monoisotopic (exact) mass is 346 g/mol. The summed E-state index contributed by atoms with van der Waals surface area (Å²) in [6, 6.07) is 2.09. The Morgan fingerprint density at radius 3 is 2.71 bits per heavy atom. The molecule has 1 aliphatic heterocycles. The molecule has 1 aliphatic rings. The number of carbonyl (C=O) groups is 1. The van der Waals surface area contributed by atoms with Gasteiger partial charge in [-0.25, -0.2) is 4.98 Å². The highest BCUT2D eigenvalue weighted by molar-refractivity contribution is 5.77. The molecule has 2 heterocycles. The first-order valence-corrected chi connectivity index (χ1v) is 7.82. The van der Waals surface area contributed by atoms with Gasteiger partial charge in [-0.05, 0) is 12.0 Å². The number of rotatable bonds is 5. The molecule has 0 saturated carbocycles. The maximum absolute atomic E-state index is 12.5. The summed E-state index contributed by atoms with van der Waals surface area (Å²) >= 11 is 0. The number of ether oxygens (including phenoxy) is 1. The van der Waals surface area contributed by atoms with Gasteiger partial charge < -0.3 is 14.7 Å². The molecule has 0 radical (unpaired) electrons. The number of likely N-dealkylation sites (tertiary alicyclic amines) is 1. The highest BCUT2D eigenvalue weighted by atomic mass is 19.4. The first-order chi connectivity index (χ1) is 11.2. The van der Waals surface area contributed by atoms with Crippen LogP contribution < -0.4 is 4.74 Å². The van der Waals surface area contributed by atoms with E-state index >= 15 is 0 Å². The molecule has 1 N–H and O–H groups in total. The summed E-state index contributed by atoms with van der Waals surface area (Å²) in [5.74, 6) is -0.0489. The molecule has 24 heavy (non-hydrogen) atoms. The number of aromatic nitrogens is 1. The lowest BCUT2D eigenvalue weighted by Crippen LogP contribution is -2.34. The number of carbonyl (C=O) groups excluding carboxylic acids is 1. The van der Waals surface area contributed by atoms with E-state index in [1.807, 2.05) is 13.8 Å². The summed E-state index contributed by atoms with van der Waals surface area (Å²) in [5, 5.41) is 9.77. The number of hydrogen-bond acceptors (Lipinski definition) is 4. The molecule has 1 aromatic heterocycles. The number of aliphatic hydroxyl groups is 1. The van der Waals surface area contributed by atoms with Gasteiger partial charge in [-0.2, -0.15) is 13.2 Å². The largest absolute Gasteiger partial charge is 0.472 e. The second-order valence-corrected chi connectivity index (χ2v) is 6.27. The van der Waals surface area contributed by atoms with Gasteiger partial charge in [0.05, 0.1) is 24.6 Å². The van der Waals surface area contributed by atoms with E-state index in [1.54, 1.807) is 4.90 Å². The summed E-state index contributed by atoms with van der Waals surface area (Å²) in [5.41, 5.74) is -0.833. The maximum Gasteiger partial charge on any atom is 0.417 e. The second-order valence-electron chi connectivity index (χ2n) is 6.27. The van der Waals surface area contributed by atoms with E-state index in [2.05, 4.69) is 4.98 Å². The first-order valence-electron chi connectivity index (χ1n) is 7.82. The Morgan fingerprint density at radius 2 is 2.17 bits per heavy atom. The molecule has 0 aliphatic carbocycles. The Bertz CT molecular complexity index is 561. The molecule has 8 heteroatoms. The van der Waals surface area contributed by atoms with Gasteiger partial charge in [0.25, 0.3) is 0 Å². The van der Waals surface area contributed by atoms with Crippen LogP contribution in [0.15, 0.2) is 18.3 Å². The predicted molar refractivity (Wildman–Crippen MR) is 80.3 cm³/mol. The molecular formula is C16H21F3N2O3. The van der Waals surface area contributed by atoms with Gasteiger partial charge in [0.1, 0.15) is 6.10 Å². The molecule has 2 rings (SSSR count). The van der Waals surface area contributed by atoms with Gasteiger partial charge in [-0.1, -0.05) is 13.8 Å². The zero-order valence-corrected chi connectivity index (χ0v) is 13.6. The van der Waals surface area contributed by atoms with Crippen LogP contribution in [0.5, 0.6) is 5.88 Å². The van der Waals surface area contributed by atoms with Gasteiger partial charge in [0, 0.05) is 25.2 Å². The molecule has 134 valence electrons. The van der Waals surface area contributed by atoms with Crippen LogP contribution in [0, 0.1) is 5.92 Å². The average Bonchev–Trinajstić information content (AvgIpc) is 2.95. The van der Waals surface area contributed by atoms with Crippen LogP contribution in [-0.2, 0) is 11.0 Å². The Labute approximate surface area is 138 Å². The Hall–Kier alpha value is -1.83. The fourth-order valence-electron chi connectivity index (χ4n) is 2.38. The van der Waals surface area contributed by atoms with Gasteiger partial charge in [0.15, 0.2) is 0 Å². The van der Waals surface area contributed by atoms with Gasteiger partial charge in [-0.15, -0.1) is 0 Å². The van der Waals surface area contributed by atoms with Crippen LogP contribution in [0.4, 0.5) is 13.2 Å². The van der Waals surface area contributed by atoms with E-state index in [9.17, 15) is 23.1 Å². The molecule has 1 fully saturated rings. The second kappa shape index (κ2) is 7.38. The minimum absolute atomic E-state index is 0.0000489. The summed E-state index contributed by atoms with van der Waals surface area (Å²) in [4.78, 5) is 17.3. The van der Waals surface area contributed by atoms with Crippen LogP contribution in [0.2, 0.25) is 0 Å². The normalized spacial score (nSPS) is 19.6. The number of pyridine rings is 1. The van der Waals surface area contributed by atoms with Crippen molar-refractivity contribution in [2.75, 3.05) is 13.1 Å². The number of aliphatic hydroxyl groups excluding tert-OH is 1. The van der Waals surface area contributed by atoms with Gasteiger partial charge in [-0.3, -0.25) is 4.79 Å². The van der Waals surface area contributed by atoms with Crippen molar-refractivity contribution >= 4 is 5.91 Å². The minimum atomic E-state index is -4.43. The Kier molecular flexibility index (Phi) is 5.69. The molecule has 1 amide bonds. The van der Waals surface area contributed by atoms with Crippen LogP contribution in [0.25, 0.3) is 0 Å². The van der Waals surface area contributed by atoms with Crippen molar-refractivity contribution in [2.45, 2.75) is 45.1 Å². The minimum Gasteiger partial charge on any atom is -0.472 e. The number of hydrogen-bond donors (Lipinski definition) is 1. The third-order valence-electron chi connectivity index (χ3n) is 4.00. The molecule has 5 nitrogen and oxygen atoms in total. The van der Waals surface area contributed by atoms with Crippen LogP contribution in [0.1, 0.15) is 32.3 Å². The summed E-state index contributed by atoms with van der Waals surface area (Å²) in [6.07, 6.45) is -4.07. The number of amides is 1. The Morgan fingerprint density at radius 1 is 1.46 bits per heavy atom. The lowest BCUT2D eigenvalue weighted by Gasteiger charge is -2.20. The van der Waals surface area contributed by atoms with E-state index in [0.29, 0.717) is 19.5 Å². The topological polar surface area (TPSA) is 62.7 Å². The van der Waals surface area contributed by atoms with Crippen molar-refractivity contribution < 1.29 is 27.8 Å². The fourth-order valence-corrected chi connectivity index (χ4v) is 2.38. The zero-order chi connectivity index (χ0) is 17.9. The molecule has 0 bridgehead atoms. The number of nitrogens with zero attached hydrogens (tertiary/aromatic N) is 2. The molecule has 0 aromatic carbocycles. The molecular weight excluding hydrogens is 325 g/mol. The van der Waals surface area contributed by atoms with E-state index in [-0.39, 0.29) is 30.2 Å². The third-order valence-corrected chi connectivity index (χ3v) is 4.00. The quantitative estimate of drug-likeness (QED) is 0.890. The predicted octanol–water partition coefficient (Wildman–Crippen LogP) is 2.49. The molecule has 1 saturated heterocycles. The van der Waals surface area contributed by atoms with Gasteiger partial charge >= 0.3 is 6.18 Å². The zero-order valence-electron chi connectivity index (χ0n) is 13.6. The average molecular weight is 346 g/mol. The van der Waals surface area contributed by atoms with E-state index < -0.39 is 17.8 Å². The van der Waals surface area contributed by atoms with E-state index in [1.165, 1.54) is 6.07 Å². The van der Waals surface area contributed by atoms with Crippen molar-refractivity contribution in [3.8, 4) is 5.88 Å². The molecule has 1 aromatic rings. The van der Waals surface area contributed by atoms with Gasteiger partial charge in [0.2, 0.25) is 11.8 Å². The fraction of sp³-hybridized carbons (Fsp3) is 0.625. The molecule has 0 spiro atoms.